The quantitative estimate of drug-likeness (QED) is 0.435. The molecule has 0 aromatic rings. The molecule has 0 spiro atoms. The lowest BCUT2D eigenvalue weighted by Gasteiger charge is -2.44. The number of nitrogens with zero attached hydrogens (tertiary/aromatic N) is 2. The minimum atomic E-state index is -0.234. The third-order valence-corrected chi connectivity index (χ3v) is 4.45. The first-order valence-electron chi connectivity index (χ1n) is 13.1. The van der Waals surface area contributed by atoms with Gasteiger partial charge >= 0.3 is 11.9 Å². The molecule has 8 nitrogen and oxygen atoms in total. The Hall–Kier alpha value is -1.22. The van der Waals surface area contributed by atoms with Gasteiger partial charge in [0.05, 0.1) is 12.8 Å². The maximum absolute atomic E-state index is 11.5. The highest BCUT2D eigenvalue weighted by molar-refractivity contribution is 5.69. The van der Waals surface area contributed by atoms with Crippen LogP contribution in [0.4, 0.5) is 0 Å². The first kappa shape index (κ1) is 39.0. The second kappa shape index (κ2) is 30.8. The van der Waals surface area contributed by atoms with Gasteiger partial charge in [-0.25, -0.2) is 0 Å². The second-order valence-corrected chi connectivity index (χ2v) is 6.52. The van der Waals surface area contributed by atoms with Crippen molar-refractivity contribution in [2.24, 2.45) is 5.73 Å². The van der Waals surface area contributed by atoms with Gasteiger partial charge in [-0.3, -0.25) is 19.4 Å². The zero-order valence-corrected chi connectivity index (χ0v) is 23.8. The Morgan fingerprint density at radius 3 is 1.48 bits per heavy atom. The molecule has 8 heteroatoms. The van der Waals surface area contributed by atoms with Crippen LogP contribution in [0, 0.1) is 0 Å². The van der Waals surface area contributed by atoms with E-state index in [9.17, 15) is 9.59 Å². The Labute approximate surface area is 205 Å². The Balaban J connectivity index is -0.000000472. The molecule has 1 rings (SSSR count). The summed E-state index contributed by atoms with van der Waals surface area (Å²) >= 11 is 0. The van der Waals surface area contributed by atoms with Gasteiger partial charge in [0.1, 0.15) is 13.2 Å². The summed E-state index contributed by atoms with van der Waals surface area (Å²) in [7, 11) is 1.81. The molecule has 0 radical (unpaired) electrons. The average molecular weight is 479 g/mol. The van der Waals surface area contributed by atoms with Crippen molar-refractivity contribution in [1.29, 1.82) is 0 Å². The highest BCUT2D eigenvalue weighted by atomic mass is 16.5. The zero-order valence-electron chi connectivity index (χ0n) is 23.8. The predicted octanol–water partition coefficient (Wildman–Crippen LogP) is 3.53. The molecule has 0 aromatic heterocycles. The fourth-order valence-corrected chi connectivity index (χ4v) is 2.94. The lowest BCUT2D eigenvalue weighted by Crippen LogP contribution is -2.57. The van der Waals surface area contributed by atoms with Crippen LogP contribution in [-0.4, -0.2) is 93.4 Å². The van der Waals surface area contributed by atoms with Crippen molar-refractivity contribution in [3.05, 3.63) is 0 Å². The van der Waals surface area contributed by atoms with Crippen LogP contribution in [0.25, 0.3) is 0 Å². The Bertz CT molecular complexity index is 412. The highest BCUT2D eigenvalue weighted by Crippen LogP contribution is 2.14. The lowest BCUT2D eigenvalue weighted by atomic mass is 10.1. The van der Waals surface area contributed by atoms with Gasteiger partial charge in [-0.1, -0.05) is 55.4 Å². The molecule has 2 atom stereocenters. The van der Waals surface area contributed by atoms with Crippen molar-refractivity contribution in [2.75, 3.05) is 59.5 Å². The molecular weight excluding hydrogens is 420 g/mol. The Morgan fingerprint density at radius 2 is 1.15 bits per heavy atom. The average Bonchev–Trinajstić information content (AvgIpc) is 2.85. The van der Waals surface area contributed by atoms with Crippen molar-refractivity contribution in [2.45, 2.75) is 94.2 Å². The van der Waals surface area contributed by atoms with E-state index in [-0.39, 0.29) is 18.4 Å². The van der Waals surface area contributed by atoms with Crippen molar-refractivity contribution in [3.63, 3.8) is 0 Å². The van der Waals surface area contributed by atoms with Crippen LogP contribution in [0.5, 0.6) is 0 Å². The summed E-state index contributed by atoms with van der Waals surface area (Å²) in [6, 6.07) is 0.733. The smallest absolute Gasteiger partial charge is 0.307 e. The maximum atomic E-state index is 11.5. The van der Waals surface area contributed by atoms with Gasteiger partial charge in [-0.2, -0.15) is 0 Å². The largest absolute Gasteiger partial charge is 0.464 e. The van der Waals surface area contributed by atoms with E-state index in [1.54, 1.807) is 0 Å². The van der Waals surface area contributed by atoms with E-state index in [0.717, 1.165) is 26.2 Å². The summed E-state index contributed by atoms with van der Waals surface area (Å²) < 4.78 is 10.5. The molecule has 0 aliphatic carbocycles. The molecule has 3 N–H and O–H groups in total. The highest BCUT2D eigenvalue weighted by Gasteiger charge is 2.28. The van der Waals surface area contributed by atoms with Gasteiger partial charge < -0.3 is 20.5 Å². The molecule has 1 aliphatic heterocycles. The number of esters is 2. The van der Waals surface area contributed by atoms with Crippen molar-refractivity contribution in [1.82, 2.24) is 15.1 Å². The molecule has 0 amide bonds. The molecule has 0 saturated carbocycles. The van der Waals surface area contributed by atoms with Crippen LogP contribution < -0.4 is 11.1 Å². The zero-order chi connectivity index (χ0) is 26.7. The van der Waals surface area contributed by atoms with Gasteiger partial charge in [0.2, 0.25) is 0 Å². The number of rotatable bonds is 11. The van der Waals surface area contributed by atoms with Gasteiger partial charge in [0.15, 0.2) is 0 Å². The standard InChI is InChI=1S/C17H34N4O4.4C2H6/c1-14-13-21(9-11-25-17(23)5-7-19-3)15(2)12-20(14)8-10-24-16(22)4-6-18;4*1-2/h14-15,19H,4-13,18H2,1-3H3;4*1-2H3. The van der Waals surface area contributed by atoms with Crippen molar-refractivity contribution < 1.29 is 19.1 Å². The third-order valence-electron chi connectivity index (χ3n) is 4.45. The van der Waals surface area contributed by atoms with Crippen molar-refractivity contribution >= 4 is 11.9 Å². The van der Waals surface area contributed by atoms with Gasteiger partial charge in [0.25, 0.3) is 0 Å². The molecule has 0 aromatic carbocycles. The number of piperazine rings is 1. The minimum absolute atomic E-state index is 0.159. The number of nitrogens with one attached hydrogen (secondary N) is 1. The first-order valence-corrected chi connectivity index (χ1v) is 13.1. The van der Waals surface area contributed by atoms with Crippen LogP contribution in [0.3, 0.4) is 0 Å². The van der Waals surface area contributed by atoms with E-state index in [2.05, 4.69) is 29.0 Å². The van der Waals surface area contributed by atoms with Crippen LogP contribution in [0.15, 0.2) is 0 Å². The third kappa shape index (κ3) is 22.3. The summed E-state index contributed by atoms with van der Waals surface area (Å²) in [6.07, 6.45) is 0.673. The van der Waals surface area contributed by atoms with Crippen LogP contribution >= 0.6 is 0 Å². The fraction of sp³-hybridized carbons (Fsp3) is 0.920. The van der Waals surface area contributed by atoms with Crippen LogP contribution in [0.1, 0.15) is 82.1 Å². The van der Waals surface area contributed by atoms with E-state index in [1.807, 2.05) is 62.4 Å². The first-order chi connectivity index (χ1) is 16.0. The molecule has 1 fully saturated rings. The van der Waals surface area contributed by atoms with Gasteiger partial charge in [-0.15, -0.1) is 0 Å². The number of carbonyl (C=O) groups is 2. The molecule has 0 bridgehead atoms. The van der Waals surface area contributed by atoms with E-state index in [4.69, 9.17) is 15.2 Å². The van der Waals surface area contributed by atoms with E-state index < -0.39 is 0 Å². The Morgan fingerprint density at radius 1 is 0.788 bits per heavy atom. The predicted molar refractivity (Wildman–Crippen MR) is 142 cm³/mol. The van der Waals surface area contributed by atoms with Gasteiger partial charge in [-0.05, 0) is 20.9 Å². The van der Waals surface area contributed by atoms with Crippen molar-refractivity contribution in [3.8, 4) is 0 Å². The van der Waals surface area contributed by atoms with Crippen LogP contribution in [-0.2, 0) is 19.1 Å². The SMILES string of the molecule is CC.CC.CC.CC.CNCCC(=O)OCCN1CC(C)N(CCOC(=O)CCN)CC1C. The van der Waals surface area contributed by atoms with Crippen LogP contribution in [0.2, 0.25) is 0 Å². The summed E-state index contributed by atoms with van der Waals surface area (Å²) in [5, 5.41) is 2.93. The topological polar surface area (TPSA) is 97.1 Å². The van der Waals surface area contributed by atoms with E-state index >= 15 is 0 Å². The maximum Gasteiger partial charge on any atom is 0.307 e. The number of hydrogen-bond acceptors (Lipinski definition) is 8. The number of carbonyl (C=O) groups excluding carboxylic acids is 2. The molecule has 1 heterocycles. The number of hydrogen-bond donors (Lipinski definition) is 2. The minimum Gasteiger partial charge on any atom is -0.464 e. The van der Waals surface area contributed by atoms with Gasteiger partial charge in [0, 0.05) is 51.4 Å². The molecular formula is C25H58N4O4. The van der Waals surface area contributed by atoms with E-state index in [0.29, 0.717) is 44.8 Å². The van der Waals surface area contributed by atoms with E-state index in [1.165, 1.54) is 0 Å². The summed E-state index contributed by atoms with van der Waals surface area (Å²) in [5.74, 6) is -0.394. The summed E-state index contributed by atoms with van der Waals surface area (Å²) in [4.78, 5) is 27.5. The normalized spacial score (nSPS) is 17.3. The number of nitrogens with two attached hydrogens (primary N) is 1. The molecule has 202 valence electrons. The summed E-state index contributed by atoms with van der Waals surface area (Å²) in [6.45, 7) is 25.4. The second-order valence-electron chi connectivity index (χ2n) is 6.52. The molecule has 1 aliphatic rings. The molecule has 1 saturated heterocycles. The lowest BCUT2D eigenvalue weighted by molar-refractivity contribution is -0.146. The fourth-order valence-electron chi connectivity index (χ4n) is 2.94. The summed E-state index contributed by atoms with van der Waals surface area (Å²) in [5.41, 5.74) is 5.33. The number of ether oxygens (including phenoxy) is 2. The monoisotopic (exact) mass is 478 g/mol. The Kier molecular flexibility index (Phi) is 36.4. The molecule has 33 heavy (non-hydrogen) atoms. The molecule has 2 unspecified atom stereocenters.